The summed E-state index contributed by atoms with van der Waals surface area (Å²) in [6.45, 7) is 2.78. The van der Waals surface area contributed by atoms with E-state index >= 15 is 0 Å². The van der Waals surface area contributed by atoms with Gasteiger partial charge in [0.25, 0.3) is 0 Å². The molecule has 7 N–H and O–H groups in total. The lowest BCUT2D eigenvalue weighted by Crippen LogP contribution is -2.54. The van der Waals surface area contributed by atoms with Crippen LogP contribution in [0.4, 0.5) is 13.2 Å². The van der Waals surface area contributed by atoms with Crippen molar-refractivity contribution in [1.82, 2.24) is 20.9 Å². The highest BCUT2D eigenvalue weighted by Gasteiger charge is 2.38. The standard InChI is InChI=1S/C17H23N5O6.C2HF3O2/c1-9(20-14(24)7-11-3-5-19-6-4-11)15(25)21-10(2)16(26)22-12(17(27)28)8-13(18)23;3-2(4,5)1(6)7/h3-6,9-10,12H,7-8H2,1-2H3,(H2,18,23)(H,20,24)(H,21,25)(H,22,26)(H,27,28);(H,6,7)/t9-,10-,12-;/m0./s1. The molecule has 0 unspecified atom stereocenters. The quantitative estimate of drug-likeness (QED) is 0.222. The van der Waals surface area contributed by atoms with Gasteiger partial charge in [0.15, 0.2) is 0 Å². The number of hydrogen-bond donors (Lipinski definition) is 6. The Balaban J connectivity index is 0.00000143. The Hall–Kier alpha value is -4.24. The van der Waals surface area contributed by atoms with E-state index < -0.39 is 66.3 Å². The molecular weight excluding hydrogens is 483 g/mol. The average Bonchev–Trinajstić information content (AvgIpc) is 2.72. The van der Waals surface area contributed by atoms with Gasteiger partial charge in [0.1, 0.15) is 18.1 Å². The van der Waals surface area contributed by atoms with E-state index in [2.05, 4.69) is 20.9 Å². The fraction of sp³-hybridized carbons (Fsp3) is 0.421. The number of primary amides is 1. The maximum Gasteiger partial charge on any atom is 0.490 e. The predicted octanol–water partition coefficient (Wildman–Crippen LogP) is -1.29. The molecule has 0 aromatic carbocycles. The van der Waals surface area contributed by atoms with Gasteiger partial charge in [0, 0.05) is 12.4 Å². The van der Waals surface area contributed by atoms with Gasteiger partial charge in [-0.15, -0.1) is 0 Å². The van der Waals surface area contributed by atoms with Crippen LogP contribution in [0.1, 0.15) is 25.8 Å². The van der Waals surface area contributed by atoms with E-state index in [1.54, 1.807) is 24.5 Å². The van der Waals surface area contributed by atoms with Gasteiger partial charge in [0.2, 0.25) is 23.6 Å². The molecule has 0 bridgehead atoms. The lowest BCUT2D eigenvalue weighted by atomic mass is 10.1. The van der Waals surface area contributed by atoms with Gasteiger partial charge in [-0.25, -0.2) is 9.59 Å². The molecule has 0 aliphatic carbocycles. The zero-order chi connectivity index (χ0) is 27.3. The van der Waals surface area contributed by atoms with Crippen LogP contribution in [0.25, 0.3) is 0 Å². The summed E-state index contributed by atoms with van der Waals surface area (Å²) < 4.78 is 31.7. The molecule has 16 heteroatoms. The minimum atomic E-state index is -5.08. The molecule has 1 rings (SSSR count). The van der Waals surface area contributed by atoms with Crippen molar-refractivity contribution in [3.05, 3.63) is 30.1 Å². The number of nitrogens with zero attached hydrogens (tertiary/aromatic N) is 1. The van der Waals surface area contributed by atoms with Crippen LogP contribution in [0.15, 0.2) is 24.5 Å². The number of carboxylic acid groups (broad SMARTS) is 2. The molecule has 1 aromatic heterocycles. The van der Waals surface area contributed by atoms with Gasteiger partial charge in [-0.3, -0.25) is 24.2 Å². The summed E-state index contributed by atoms with van der Waals surface area (Å²) in [5, 5.41) is 23.1. The Bertz CT molecular complexity index is 927. The van der Waals surface area contributed by atoms with Crippen LogP contribution in [0.3, 0.4) is 0 Å². The van der Waals surface area contributed by atoms with Crippen LogP contribution < -0.4 is 21.7 Å². The number of halogens is 3. The van der Waals surface area contributed by atoms with Crippen LogP contribution in [-0.2, 0) is 35.2 Å². The van der Waals surface area contributed by atoms with E-state index in [0.29, 0.717) is 0 Å². The summed E-state index contributed by atoms with van der Waals surface area (Å²) in [5.41, 5.74) is 5.66. The molecule has 3 atom stereocenters. The van der Waals surface area contributed by atoms with E-state index in [-0.39, 0.29) is 6.42 Å². The predicted molar refractivity (Wildman–Crippen MR) is 110 cm³/mol. The second-order valence-corrected chi connectivity index (χ2v) is 6.92. The Morgan fingerprint density at radius 2 is 1.40 bits per heavy atom. The number of nitrogens with one attached hydrogen (secondary N) is 3. The second-order valence-electron chi connectivity index (χ2n) is 6.92. The molecule has 13 nitrogen and oxygen atoms in total. The normalized spacial score (nSPS) is 13.1. The average molecular weight is 507 g/mol. The Morgan fingerprint density at radius 3 is 1.83 bits per heavy atom. The monoisotopic (exact) mass is 507 g/mol. The van der Waals surface area contributed by atoms with E-state index in [0.717, 1.165) is 5.56 Å². The Labute approximate surface area is 196 Å². The number of carbonyl (C=O) groups is 6. The van der Waals surface area contributed by atoms with Gasteiger partial charge in [-0.2, -0.15) is 13.2 Å². The van der Waals surface area contributed by atoms with Crippen molar-refractivity contribution in [3.63, 3.8) is 0 Å². The van der Waals surface area contributed by atoms with Crippen molar-refractivity contribution in [1.29, 1.82) is 0 Å². The second kappa shape index (κ2) is 14.1. The number of carbonyl (C=O) groups excluding carboxylic acids is 4. The number of amides is 4. The smallest absolute Gasteiger partial charge is 0.480 e. The zero-order valence-corrected chi connectivity index (χ0v) is 18.5. The number of nitrogens with two attached hydrogens (primary N) is 1. The molecule has 0 spiro atoms. The maximum atomic E-state index is 12.1. The maximum absolute atomic E-state index is 12.1. The molecule has 1 heterocycles. The number of rotatable bonds is 10. The fourth-order valence-corrected chi connectivity index (χ4v) is 2.15. The molecule has 1 aromatic rings. The minimum Gasteiger partial charge on any atom is -0.480 e. The number of carboxylic acids is 2. The lowest BCUT2D eigenvalue weighted by Gasteiger charge is -2.20. The first-order valence-corrected chi connectivity index (χ1v) is 9.64. The summed E-state index contributed by atoms with van der Waals surface area (Å²) in [6, 6.07) is -0.183. The molecule has 4 amide bonds. The van der Waals surface area contributed by atoms with E-state index in [4.69, 9.17) is 20.7 Å². The van der Waals surface area contributed by atoms with Crippen molar-refractivity contribution >= 4 is 35.6 Å². The topological polar surface area (TPSA) is 218 Å². The van der Waals surface area contributed by atoms with Crippen LogP contribution in [0.2, 0.25) is 0 Å². The number of pyridine rings is 1. The third-order valence-electron chi connectivity index (χ3n) is 3.90. The van der Waals surface area contributed by atoms with E-state index in [1.165, 1.54) is 13.8 Å². The number of hydrogen-bond acceptors (Lipinski definition) is 7. The number of aliphatic carboxylic acids is 2. The van der Waals surface area contributed by atoms with Crippen LogP contribution >= 0.6 is 0 Å². The van der Waals surface area contributed by atoms with Crippen molar-refractivity contribution in [3.8, 4) is 0 Å². The van der Waals surface area contributed by atoms with Crippen molar-refractivity contribution in [2.24, 2.45) is 5.73 Å². The van der Waals surface area contributed by atoms with Crippen molar-refractivity contribution < 1.29 is 52.2 Å². The SMILES string of the molecule is C[C@H](NC(=O)Cc1ccncc1)C(=O)N[C@@H](C)C(=O)N[C@@H](CC(N)=O)C(=O)O.O=C(O)C(F)(F)F. The largest absolute Gasteiger partial charge is 0.490 e. The number of aromatic nitrogens is 1. The van der Waals surface area contributed by atoms with Crippen LogP contribution in [0.5, 0.6) is 0 Å². The zero-order valence-electron chi connectivity index (χ0n) is 18.5. The first-order valence-electron chi connectivity index (χ1n) is 9.64. The first-order chi connectivity index (χ1) is 16.0. The molecule has 194 valence electrons. The molecule has 0 saturated heterocycles. The third-order valence-corrected chi connectivity index (χ3v) is 3.90. The lowest BCUT2D eigenvalue weighted by molar-refractivity contribution is -0.192. The molecular formula is C19H24F3N5O8. The minimum absolute atomic E-state index is 0.0591. The van der Waals surface area contributed by atoms with Crippen LogP contribution in [0, 0.1) is 0 Å². The fourth-order valence-electron chi connectivity index (χ4n) is 2.15. The molecule has 35 heavy (non-hydrogen) atoms. The molecule has 0 radical (unpaired) electrons. The third kappa shape index (κ3) is 13.2. The summed E-state index contributed by atoms with van der Waals surface area (Å²) in [7, 11) is 0. The van der Waals surface area contributed by atoms with Gasteiger partial charge in [0.05, 0.1) is 12.8 Å². The summed E-state index contributed by atoms with van der Waals surface area (Å²) in [6.07, 6.45) is -2.52. The van der Waals surface area contributed by atoms with Crippen molar-refractivity contribution in [2.45, 2.75) is 51.0 Å². The Kier molecular flexibility index (Phi) is 12.4. The molecule has 0 saturated carbocycles. The Morgan fingerprint density at radius 1 is 0.943 bits per heavy atom. The summed E-state index contributed by atoms with van der Waals surface area (Å²) >= 11 is 0. The highest BCUT2D eigenvalue weighted by Crippen LogP contribution is 2.13. The highest BCUT2D eigenvalue weighted by molar-refractivity contribution is 5.94. The highest BCUT2D eigenvalue weighted by atomic mass is 19.4. The molecule has 0 aliphatic heterocycles. The van der Waals surface area contributed by atoms with Gasteiger partial charge < -0.3 is 31.9 Å². The first kappa shape index (κ1) is 30.8. The van der Waals surface area contributed by atoms with Crippen LogP contribution in [-0.4, -0.2) is 75.1 Å². The summed E-state index contributed by atoms with van der Waals surface area (Å²) in [5.74, 6) is -6.91. The molecule has 0 fully saturated rings. The van der Waals surface area contributed by atoms with E-state index in [9.17, 15) is 37.1 Å². The van der Waals surface area contributed by atoms with Crippen molar-refractivity contribution in [2.75, 3.05) is 0 Å². The van der Waals surface area contributed by atoms with Gasteiger partial charge in [-0.05, 0) is 31.5 Å². The van der Waals surface area contributed by atoms with Gasteiger partial charge >= 0.3 is 18.1 Å². The number of alkyl halides is 3. The van der Waals surface area contributed by atoms with E-state index in [1.807, 2.05) is 0 Å². The van der Waals surface area contributed by atoms with Gasteiger partial charge in [-0.1, -0.05) is 0 Å². The summed E-state index contributed by atoms with van der Waals surface area (Å²) in [4.78, 5) is 70.8. The molecule has 0 aliphatic rings.